The van der Waals surface area contributed by atoms with Crippen molar-refractivity contribution in [1.82, 2.24) is 4.90 Å². The van der Waals surface area contributed by atoms with Crippen LogP contribution in [0.2, 0.25) is 0 Å². The van der Waals surface area contributed by atoms with Crippen molar-refractivity contribution in [2.75, 3.05) is 13.6 Å². The molecule has 0 aliphatic carbocycles. The second-order valence-corrected chi connectivity index (χ2v) is 4.80. The van der Waals surface area contributed by atoms with Crippen LogP contribution in [0.5, 0.6) is 0 Å². The van der Waals surface area contributed by atoms with Gasteiger partial charge in [-0.05, 0) is 38.9 Å². The van der Waals surface area contributed by atoms with Gasteiger partial charge in [0.15, 0.2) is 0 Å². The molecule has 0 bridgehead atoms. The summed E-state index contributed by atoms with van der Waals surface area (Å²) in [7, 11) is 2.12. The smallest absolute Gasteiger partial charge is 0.0275 e. The summed E-state index contributed by atoms with van der Waals surface area (Å²) in [5.41, 5.74) is 8.54. The molecule has 0 heterocycles. The van der Waals surface area contributed by atoms with Crippen LogP contribution in [0.1, 0.15) is 25.0 Å². The highest BCUT2D eigenvalue weighted by atomic mass is 15.2. The predicted octanol–water partition coefficient (Wildman–Crippen LogP) is 2.16. The third kappa shape index (κ3) is 3.05. The Morgan fingerprint density at radius 1 is 1.27 bits per heavy atom. The van der Waals surface area contributed by atoms with Crippen LogP contribution in [0.4, 0.5) is 0 Å². The molecular formula is C13H22N2. The Balaban J connectivity index is 2.75. The van der Waals surface area contributed by atoms with Gasteiger partial charge >= 0.3 is 0 Å². The lowest BCUT2D eigenvalue weighted by molar-refractivity contribution is 0.155. The number of hydrogen-bond donors (Lipinski definition) is 1. The molecule has 84 valence electrons. The average Bonchev–Trinajstić information content (AvgIpc) is 2.21. The van der Waals surface area contributed by atoms with E-state index in [9.17, 15) is 0 Å². The number of hydrogen-bond acceptors (Lipinski definition) is 2. The molecular weight excluding hydrogens is 184 g/mol. The maximum Gasteiger partial charge on any atom is 0.0275 e. The summed E-state index contributed by atoms with van der Waals surface area (Å²) in [6.45, 7) is 8.13. The quantitative estimate of drug-likeness (QED) is 0.818. The molecule has 15 heavy (non-hydrogen) atoms. The maximum atomic E-state index is 5.76. The third-order valence-electron chi connectivity index (χ3n) is 3.20. The van der Waals surface area contributed by atoms with Gasteiger partial charge < -0.3 is 5.73 Å². The van der Waals surface area contributed by atoms with E-state index in [1.807, 2.05) is 0 Å². The summed E-state index contributed by atoms with van der Waals surface area (Å²) < 4.78 is 0. The summed E-state index contributed by atoms with van der Waals surface area (Å²) in [6.07, 6.45) is 0. The van der Waals surface area contributed by atoms with E-state index in [1.54, 1.807) is 0 Å². The molecule has 0 radical (unpaired) electrons. The number of aryl methyl sites for hydroxylation is 1. The molecule has 0 saturated heterocycles. The molecule has 0 aromatic heterocycles. The molecule has 1 rings (SSSR count). The Hall–Kier alpha value is -0.860. The van der Waals surface area contributed by atoms with Crippen LogP contribution >= 0.6 is 0 Å². The van der Waals surface area contributed by atoms with Gasteiger partial charge in [-0.3, -0.25) is 4.90 Å². The summed E-state index contributed by atoms with van der Waals surface area (Å²) in [5.74, 6) is 0. The molecule has 0 atom stereocenters. The summed E-state index contributed by atoms with van der Waals surface area (Å²) in [5, 5.41) is 0. The van der Waals surface area contributed by atoms with Gasteiger partial charge in [0.1, 0.15) is 0 Å². The van der Waals surface area contributed by atoms with Crippen LogP contribution in [-0.2, 0) is 6.54 Å². The maximum absolute atomic E-state index is 5.76. The van der Waals surface area contributed by atoms with Gasteiger partial charge in [-0.15, -0.1) is 0 Å². The monoisotopic (exact) mass is 206 g/mol. The molecule has 0 fully saturated rings. The SMILES string of the molecule is Cc1ccccc1CN(C)C(C)(C)CN. The fourth-order valence-corrected chi connectivity index (χ4v) is 1.41. The Morgan fingerprint density at radius 2 is 1.87 bits per heavy atom. The van der Waals surface area contributed by atoms with Gasteiger partial charge in [0, 0.05) is 18.6 Å². The van der Waals surface area contributed by atoms with Crippen LogP contribution in [0.3, 0.4) is 0 Å². The molecule has 0 unspecified atom stereocenters. The second kappa shape index (κ2) is 4.77. The van der Waals surface area contributed by atoms with E-state index < -0.39 is 0 Å². The number of nitrogens with two attached hydrogens (primary N) is 1. The first-order valence-corrected chi connectivity index (χ1v) is 5.43. The molecule has 0 spiro atoms. The molecule has 0 aliphatic rings. The van der Waals surface area contributed by atoms with E-state index in [-0.39, 0.29) is 5.54 Å². The number of nitrogens with zero attached hydrogens (tertiary/aromatic N) is 1. The lowest BCUT2D eigenvalue weighted by atomic mass is 10.0. The summed E-state index contributed by atoms with van der Waals surface area (Å²) >= 11 is 0. The zero-order valence-corrected chi connectivity index (χ0v) is 10.2. The van der Waals surface area contributed by atoms with Crippen LogP contribution < -0.4 is 5.73 Å². The Morgan fingerprint density at radius 3 is 2.40 bits per heavy atom. The Bertz CT molecular complexity index is 318. The fourth-order valence-electron chi connectivity index (χ4n) is 1.41. The first-order chi connectivity index (χ1) is 6.97. The lowest BCUT2D eigenvalue weighted by Gasteiger charge is -2.34. The lowest BCUT2D eigenvalue weighted by Crippen LogP contribution is -2.46. The third-order valence-corrected chi connectivity index (χ3v) is 3.20. The van der Waals surface area contributed by atoms with Crippen molar-refractivity contribution in [2.24, 2.45) is 5.73 Å². The van der Waals surface area contributed by atoms with Crippen LogP contribution in [-0.4, -0.2) is 24.0 Å². The van der Waals surface area contributed by atoms with Gasteiger partial charge in [0.2, 0.25) is 0 Å². The first kappa shape index (κ1) is 12.2. The van der Waals surface area contributed by atoms with Crippen molar-refractivity contribution in [3.63, 3.8) is 0 Å². The second-order valence-electron chi connectivity index (χ2n) is 4.80. The molecule has 1 aromatic rings. The van der Waals surface area contributed by atoms with Gasteiger partial charge in [-0.1, -0.05) is 24.3 Å². The highest BCUT2D eigenvalue weighted by Crippen LogP contribution is 2.16. The van der Waals surface area contributed by atoms with Gasteiger partial charge in [0.05, 0.1) is 0 Å². The average molecular weight is 206 g/mol. The highest BCUT2D eigenvalue weighted by Gasteiger charge is 2.21. The van der Waals surface area contributed by atoms with E-state index in [2.05, 4.69) is 57.0 Å². The Kier molecular flexibility index (Phi) is 3.89. The first-order valence-electron chi connectivity index (χ1n) is 5.43. The zero-order valence-electron chi connectivity index (χ0n) is 10.2. The van der Waals surface area contributed by atoms with E-state index in [0.29, 0.717) is 6.54 Å². The predicted molar refractivity (Wildman–Crippen MR) is 65.8 cm³/mol. The minimum atomic E-state index is 0.0578. The van der Waals surface area contributed by atoms with Crippen molar-refractivity contribution in [1.29, 1.82) is 0 Å². The molecule has 2 N–H and O–H groups in total. The number of rotatable bonds is 4. The van der Waals surface area contributed by atoms with Crippen molar-refractivity contribution in [3.8, 4) is 0 Å². The van der Waals surface area contributed by atoms with Crippen molar-refractivity contribution >= 4 is 0 Å². The topological polar surface area (TPSA) is 29.3 Å². The van der Waals surface area contributed by atoms with Crippen LogP contribution in [0, 0.1) is 6.92 Å². The molecule has 2 heteroatoms. The summed E-state index contributed by atoms with van der Waals surface area (Å²) in [6, 6.07) is 8.50. The number of benzene rings is 1. The highest BCUT2D eigenvalue weighted by molar-refractivity contribution is 5.25. The molecule has 2 nitrogen and oxygen atoms in total. The largest absolute Gasteiger partial charge is 0.329 e. The van der Waals surface area contributed by atoms with Crippen molar-refractivity contribution in [2.45, 2.75) is 32.9 Å². The fraction of sp³-hybridized carbons (Fsp3) is 0.538. The van der Waals surface area contributed by atoms with Crippen molar-refractivity contribution < 1.29 is 0 Å². The standard InChI is InChI=1S/C13H22N2/c1-11-7-5-6-8-12(11)9-15(4)13(2,3)10-14/h5-8H,9-10,14H2,1-4H3. The van der Waals surface area contributed by atoms with E-state index in [4.69, 9.17) is 5.73 Å². The van der Waals surface area contributed by atoms with Gasteiger partial charge in [-0.2, -0.15) is 0 Å². The minimum absolute atomic E-state index is 0.0578. The van der Waals surface area contributed by atoms with Crippen LogP contribution in [0.15, 0.2) is 24.3 Å². The van der Waals surface area contributed by atoms with E-state index in [1.165, 1.54) is 11.1 Å². The van der Waals surface area contributed by atoms with Crippen molar-refractivity contribution in [3.05, 3.63) is 35.4 Å². The van der Waals surface area contributed by atoms with Gasteiger partial charge in [-0.25, -0.2) is 0 Å². The van der Waals surface area contributed by atoms with Crippen LogP contribution in [0.25, 0.3) is 0 Å². The molecule has 0 amide bonds. The zero-order chi connectivity index (χ0) is 11.5. The number of likely N-dealkylation sites (N-methyl/N-ethyl adjacent to an activating group) is 1. The van der Waals surface area contributed by atoms with Gasteiger partial charge in [0.25, 0.3) is 0 Å². The van der Waals surface area contributed by atoms with E-state index in [0.717, 1.165) is 6.54 Å². The summed E-state index contributed by atoms with van der Waals surface area (Å²) in [4.78, 5) is 2.30. The normalized spacial score (nSPS) is 12.1. The Labute approximate surface area is 93.1 Å². The minimum Gasteiger partial charge on any atom is -0.329 e. The molecule has 0 aliphatic heterocycles. The van der Waals surface area contributed by atoms with E-state index >= 15 is 0 Å². The molecule has 0 saturated carbocycles. The molecule has 1 aromatic carbocycles.